The zero-order chi connectivity index (χ0) is 10.3. The molecule has 0 bridgehead atoms. The summed E-state index contributed by atoms with van der Waals surface area (Å²) in [5, 5.41) is 10.9. The summed E-state index contributed by atoms with van der Waals surface area (Å²) >= 11 is 0. The van der Waals surface area contributed by atoms with Crippen LogP contribution in [-0.2, 0) is 0 Å². The first-order valence-electron chi connectivity index (χ1n) is 4.67. The Bertz CT molecular complexity index is 150. The van der Waals surface area contributed by atoms with Crippen LogP contribution in [0.1, 0.15) is 32.6 Å². The van der Waals surface area contributed by atoms with Crippen LogP contribution in [-0.4, -0.2) is 23.6 Å². The van der Waals surface area contributed by atoms with Gasteiger partial charge in [-0.15, -0.1) is 12.4 Å². The first-order valence-corrected chi connectivity index (χ1v) is 4.67. The van der Waals surface area contributed by atoms with Gasteiger partial charge < -0.3 is 11.5 Å². The van der Waals surface area contributed by atoms with E-state index < -0.39 is 5.54 Å². The molecular weight excluding hydrogens is 206 g/mol. The summed E-state index contributed by atoms with van der Waals surface area (Å²) in [6.07, 6.45) is 2.20. The lowest BCUT2D eigenvalue weighted by molar-refractivity contribution is -0.573. The monoisotopic (exact) mass is 225 g/mol. The molecule has 0 radical (unpaired) electrons. The molecule has 0 heterocycles. The van der Waals surface area contributed by atoms with Crippen LogP contribution < -0.4 is 11.5 Å². The summed E-state index contributed by atoms with van der Waals surface area (Å²) in [6.45, 7) is 2.63. The van der Waals surface area contributed by atoms with Crippen molar-refractivity contribution < 1.29 is 4.92 Å². The van der Waals surface area contributed by atoms with Crippen molar-refractivity contribution in [1.29, 1.82) is 0 Å². The molecule has 0 rings (SSSR count). The van der Waals surface area contributed by atoms with Crippen molar-refractivity contribution in [1.82, 2.24) is 0 Å². The third kappa shape index (κ3) is 4.21. The molecule has 0 unspecified atom stereocenters. The largest absolute Gasteiger partial charge is 0.330 e. The SMILES string of the molecule is CCCC(CCN)(CCN)[N+](=O)[O-].Cl. The topological polar surface area (TPSA) is 95.2 Å². The Morgan fingerprint density at radius 3 is 1.86 bits per heavy atom. The van der Waals surface area contributed by atoms with Gasteiger partial charge in [-0.2, -0.15) is 0 Å². The average molecular weight is 226 g/mol. The lowest BCUT2D eigenvalue weighted by Gasteiger charge is -2.23. The van der Waals surface area contributed by atoms with Crippen molar-refractivity contribution in [3.63, 3.8) is 0 Å². The van der Waals surface area contributed by atoms with Crippen molar-refractivity contribution in [3.05, 3.63) is 10.1 Å². The lowest BCUT2D eigenvalue weighted by Crippen LogP contribution is -2.42. The summed E-state index contributed by atoms with van der Waals surface area (Å²) in [4.78, 5) is 10.7. The Balaban J connectivity index is 0. The van der Waals surface area contributed by atoms with E-state index in [4.69, 9.17) is 11.5 Å². The van der Waals surface area contributed by atoms with Gasteiger partial charge in [0.25, 0.3) is 0 Å². The van der Waals surface area contributed by atoms with E-state index in [1.54, 1.807) is 0 Å². The highest BCUT2D eigenvalue weighted by molar-refractivity contribution is 5.85. The summed E-state index contributed by atoms with van der Waals surface area (Å²) in [5.74, 6) is 0. The second-order valence-corrected chi connectivity index (χ2v) is 3.31. The van der Waals surface area contributed by atoms with Gasteiger partial charge in [0.1, 0.15) is 0 Å². The summed E-state index contributed by atoms with van der Waals surface area (Å²) < 4.78 is 0. The first kappa shape index (κ1) is 16.1. The normalized spacial score (nSPS) is 10.8. The van der Waals surface area contributed by atoms with E-state index in [0.717, 1.165) is 6.42 Å². The predicted octanol–water partition coefficient (Wildman–Crippen LogP) is 0.921. The van der Waals surface area contributed by atoms with Crippen LogP contribution in [0.25, 0.3) is 0 Å². The molecule has 0 aromatic rings. The minimum Gasteiger partial charge on any atom is -0.330 e. The van der Waals surface area contributed by atoms with E-state index in [0.29, 0.717) is 32.4 Å². The Morgan fingerprint density at radius 1 is 1.21 bits per heavy atom. The van der Waals surface area contributed by atoms with Crippen molar-refractivity contribution in [2.24, 2.45) is 11.5 Å². The van der Waals surface area contributed by atoms with Gasteiger partial charge in [0.05, 0.1) is 0 Å². The molecule has 0 saturated heterocycles. The molecule has 6 heteroatoms. The molecule has 86 valence electrons. The molecule has 0 aliphatic heterocycles. The Hall–Kier alpha value is -0.390. The second kappa shape index (κ2) is 7.96. The van der Waals surface area contributed by atoms with Gasteiger partial charge in [-0.1, -0.05) is 6.92 Å². The quantitative estimate of drug-likeness (QED) is 0.498. The van der Waals surface area contributed by atoms with E-state index in [9.17, 15) is 10.1 Å². The number of nitrogens with two attached hydrogens (primary N) is 2. The van der Waals surface area contributed by atoms with Crippen LogP contribution in [0.5, 0.6) is 0 Å². The summed E-state index contributed by atoms with van der Waals surface area (Å²) in [6, 6.07) is 0. The van der Waals surface area contributed by atoms with Crippen LogP contribution in [0.3, 0.4) is 0 Å². The third-order valence-electron chi connectivity index (χ3n) is 2.32. The van der Waals surface area contributed by atoms with Gasteiger partial charge in [0.2, 0.25) is 5.54 Å². The van der Waals surface area contributed by atoms with Gasteiger partial charge in [-0.05, 0) is 19.5 Å². The van der Waals surface area contributed by atoms with Gasteiger partial charge in [0, 0.05) is 24.2 Å². The molecule has 0 aliphatic rings. The maximum atomic E-state index is 10.9. The number of rotatable bonds is 7. The molecule has 4 N–H and O–H groups in total. The second-order valence-electron chi connectivity index (χ2n) is 3.31. The van der Waals surface area contributed by atoms with Crippen molar-refractivity contribution >= 4 is 12.4 Å². The molecule has 0 aromatic heterocycles. The van der Waals surface area contributed by atoms with E-state index in [1.165, 1.54) is 0 Å². The average Bonchev–Trinajstić information content (AvgIpc) is 2.05. The van der Waals surface area contributed by atoms with Gasteiger partial charge in [-0.25, -0.2) is 0 Å². The van der Waals surface area contributed by atoms with Gasteiger partial charge >= 0.3 is 0 Å². The standard InChI is InChI=1S/C8H19N3O2.ClH/c1-2-3-8(4-6-9,5-7-10)11(12)13;/h2-7,9-10H2,1H3;1H. The van der Waals surface area contributed by atoms with Gasteiger partial charge in [-0.3, -0.25) is 10.1 Å². The molecule has 0 amide bonds. The maximum Gasteiger partial charge on any atom is 0.224 e. The maximum absolute atomic E-state index is 10.9. The molecule has 0 saturated carbocycles. The molecule has 0 aromatic carbocycles. The molecule has 0 aliphatic carbocycles. The molecular formula is C8H20ClN3O2. The highest BCUT2D eigenvalue weighted by Gasteiger charge is 2.39. The van der Waals surface area contributed by atoms with Crippen LogP contribution in [0.4, 0.5) is 0 Å². The molecule has 0 fully saturated rings. The van der Waals surface area contributed by atoms with Crippen LogP contribution in [0, 0.1) is 10.1 Å². The van der Waals surface area contributed by atoms with Crippen molar-refractivity contribution in [3.8, 4) is 0 Å². The van der Waals surface area contributed by atoms with Crippen LogP contribution in [0.2, 0.25) is 0 Å². The van der Waals surface area contributed by atoms with E-state index >= 15 is 0 Å². The third-order valence-corrected chi connectivity index (χ3v) is 2.32. The Morgan fingerprint density at radius 2 is 1.64 bits per heavy atom. The summed E-state index contributed by atoms with van der Waals surface area (Å²) in [5.41, 5.74) is 9.86. The zero-order valence-electron chi connectivity index (χ0n) is 8.57. The highest BCUT2D eigenvalue weighted by atomic mass is 35.5. The molecule has 0 atom stereocenters. The fourth-order valence-corrected chi connectivity index (χ4v) is 1.65. The van der Waals surface area contributed by atoms with E-state index in [-0.39, 0.29) is 17.3 Å². The summed E-state index contributed by atoms with van der Waals surface area (Å²) in [7, 11) is 0. The van der Waals surface area contributed by atoms with E-state index in [1.807, 2.05) is 6.92 Å². The zero-order valence-corrected chi connectivity index (χ0v) is 9.39. The minimum absolute atomic E-state index is 0. The molecule has 14 heavy (non-hydrogen) atoms. The Labute approximate surface area is 90.8 Å². The fourth-order valence-electron chi connectivity index (χ4n) is 1.65. The highest BCUT2D eigenvalue weighted by Crippen LogP contribution is 2.24. The van der Waals surface area contributed by atoms with Crippen molar-refractivity contribution in [2.45, 2.75) is 38.1 Å². The number of hydrogen-bond acceptors (Lipinski definition) is 4. The Kier molecular flexibility index (Phi) is 9.13. The first-order chi connectivity index (χ1) is 6.13. The number of hydrogen-bond donors (Lipinski definition) is 2. The van der Waals surface area contributed by atoms with Crippen LogP contribution in [0.15, 0.2) is 0 Å². The van der Waals surface area contributed by atoms with Crippen molar-refractivity contribution in [2.75, 3.05) is 13.1 Å². The van der Waals surface area contributed by atoms with Crippen LogP contribution >= 0.6 is 12.4 Å². The molecule has 0 spiro atoms. The lowest BCUT2D eigenvalue weighted by atomic mass is 9.87. The molecule has 5 nitrogen and oxygen atoms in total. The van der Waals surface area contributed by atoms with Gasteiger partial charge in [0.15, 0.2) is 0 Å². The smallest absolute Gasteiger partial charge is 0.224 e. The predicted molar refractivity (Wildman–Crippen MR) is 59.2 cm³/mol. The fraction of sp³-hybridized carbons (Fsp3) is 1.00. The number of nitro groups is 1. The van der Waals surface area contributed by atoms with E-state index in [2.05, 4.69) is 0 Å². The number of nitrogens with zero attached hydrogens (tertiary/aromatic N) is 1. The number of halogens is 1. The minimum atomic E-state index is -0.877.